The van der Waals surface area contributed by atoms with E-state index in [0.717, 1.165) is 22.3 Å². The summed E-state index contributed by atoms with van der Waals surface area (Å²) in [6.07, 6.45) is 1.77. The Kier molecular flexibility index (Phi) is 4.12. The molecule has 1 aliphatic rings. The van der Waals surface area contributed by atoms with Crippen LogP contribution >= 0.6 is 0 Å². The first-order chi connectivity index (χ1) is 10.7. The largest absolute Gasteiger partial charge is 0.387 e. The van der Waals surface area contributed by atoms with E-state index in [1.165, 1.54) is 0 Å². The maximum atomic E-state index is 10.6. The highest BCUT2D eigenvalue weighted by molar-refractivity contribution is 5.88. The minimum atomic E-state index is -1.15. The van der Waals surface area contributed by atoms with Gasteiger partial charge in [-0.1, -0.05) is 54.6 Å². The summed E-state index contributed by atoms with van der Waals surface area (Å²) in [7, 11) is 3.14. The lowest BCUT2D eigenvalue weighted by atomic mass is 9.80. The summed E-state index contributed by atoms with van der Waals surface area (Å²) in [6, 6.07) is 18.0. The van der Waals surface area contributed by atoms with Gasteiger partial charge in [-0.2, -0.15) is 0 Å². The SMILES string of the molecule is COC1(OC)/C(=C\c2ccccc2)c2ccccc2CC1O. The van der Waals surface area contributed by atoms with Crippen molar-refractivity contribution in [1.29, 1.82) is 0 Å². The fourth-order valence-electron chi connectivity index (χ4n) is 3.14. The standard InChI is InChI=1S/C19H20O3/c1-21-19(22-2)17(12-14-8-4-3-5-9-14)16-11-7-6-10-15(16)13-18(19)20/h3-12,18,20H,13H2,1-2H3/b17-12-. The van der Waals surface area contributed by atoms with Crippen molar-refractivity contribution in [1.82, 2.24) is 0 Å². The zero-order valence-electron chi connectivity index (χ0n) is 12.8. The fourth-order valence-corrected chi connectivity index (χ4v) is 3.14. The predicted molar refractivity (Wildman–Crippen MR) is 87.2 cm³/mol. The van der Waals surface area contributed by atoms with Gasteiger partial charge in [0.05, 0.1) is 0 Å². The van der Waals surface area contributed by atoms with E-state index in [1.54, 1.807) is 14.2 Å². The van der Waals surface area contributed by atoms with Crippen molar-refractivity contribution >= 4 is 11.6 Å². The molecule has 0 heterocycles. The van der Waals surface area contributed by atoms with Crippen LogP contribution in [0.25, 0.3) is 11.6 Å². The molecule has 0 aliphatic heterocycles. The van der Waals surface area contributed by atoms with Crippen molar-refractivity contribution in [2.45, 2.75) is 18.3 Å². The summed E-state index contributed by atoms with van der Waals surface area (Å²) in [4.78, 5) is 0. The average molecular weight is 296 g/mol. The molecule has 0 amide bonds. The van der Waals surface area contributed by atoms with Gasteiger partial charge in [-0.15, -0.1) is 0 Å². The number of benzene rings is 2. The zero-order chi connectivity index (χ0) is 15.6. The summed E-state index contributed by atoms with van der Waals surface area (Å²) in [5.74, 6) is -1.15. The third-order valence-electron chi connectivity index (χ3n) is 4.25. The third-order valence-corrected chi connectivity index (χ3v) is 4.25. The van der Waals surface area contributed by atoms with Gasteiger partial charge in [0, 0.05) is 26.2 Å². The van der Waals surface area contributed by atoms with Crippen LogP contribution in [0.2, 0.25) is 0 Å². The molecule has 1 unspecified atom stereocenters. The Bertz CT molecular complexity index is 672. The van der Waals surface area contributed by atoms with Gasteiger partial charge < -0.3 is 14.6 Å². The van der Waals surface area contributed by atoms with Crippen LogP contribution in [0.3, 0.4) is 0 Å². The van der Waals surface area contributed by atoms with Gasteiger partial charge in [0.25, 0.3) is 0 Å². The van der Waals surface area contributed by atoms with E-state index < -0.39 is 11.9 Å². The molecule has 0 bridgehead atoms. The van der Waals surface area contributed by atoms with E-state index in [4.69, 9.17) is 9.47 Å². The number of aliphatic hydroxyl groups is 1. The first kappa shape index (κ1) is 15.0. The Morgan fingerprint density at radius 2 is 1.64 bits per heavy atom. The molecule has 3 rings (SSSR count). The number of hydrogen-bond donors (Lipinski definition) is 1. The summed E-state index contributed by atoms with van der Waals surface area (Å²) in [5.41, 5.74) is 4.04. The van der Waals surface area contributed by atoms with E-state index in [-0.39, 0.29) is 0 Å². The van der Waals surface area contributed by atoms with Gasteiger partial charge >= 0.3 is 0 Å². The van der Waals surface area contributed by atoms with Crippen molar-refractivity contribution in [3.63, 3.8) is 0 Å². The predicted octanol–water partition coefficient (Wildman–Crippen LogP) is 3.13. The van der Waals surface area contributed by atoms with E-state index in [2.05, 4.69) is 0 Å². The summed E-state index contributed by atoms with van der Waals surface area (Å²) >= 11 is 0. The molecule has 3 heteroatoms. The molecule has 0 saturated carbocycles. The van der Waals surface area contributed by atoms with Gasteiger partial charge in [0.15, 0.2) is 0 Å². The highest BCUT2D eigenvalue weighted by atomic mass is 16.7. The molecular formula is C19H20O3. The quantitative estimate of drug-likeness (QED) is 0.884. The molecule has 0 spiro atoms. The molecule has 22 heavy (non-hydrogen) atoms. The molecule has 0 radical (unpaired) electrons. The van der Waals surface area contributed by atoms with Crippen molar-refractivity contribution in [2.75, 3.05) is 14.2 Å². The summed E-state index contributed by atoms with van der Waals surface area (Å²) < 4.78 is 11.3. The lowest BCUT2D eigenvalue weighted by Gasteiger charge is -2.41. The average Bonchev–Trinajstić information content (AvgIpc) is 2.56. The minimum Gasteiger partial charge on any atom is -0.387 e. The Morgan fingerprint density at radius 3 is 2.32 bits per heavy atom. The van der Waals surface area contributed by atoms with Crippen LogP contribution in [0, 0.1) is 0 Å². The number of methoxy groups -OCH3 is 2. The lowest BCUT2D eigenvalue weighted by molar-refractivity contribution is -0.219. The lowest BCUT2D eigenvalue weighted by Crippen LogP contribution is -2.50. The molecule has 1 atom stereocenters. The molecule has 1 aliphatic carbocycles. The van der Waals surface area contributed by atoms with Gasteiger partial charge in [-0.25, -0.2) is 0 Å². The van der Waals surface area contributed by atoms with Gasteiger partial charge in [0.2, 0.25) is 5.79 Å². The molecule has 0 fully saturated rings. The number of fused-ring (bicyclic) bond motifs is 1. The van der Waals surface area contributed by atoms with Crippen LogP contribution in [0.4, 0.5) is 0 Å². The van der Waals surface area contributed by atoms with Crippen LogP contribution < -0.4 is 0 Å². The Balaban J connectivity index is 2.22. The Morgan fingerprint density at radius 1 is 1.00 bits per heavy atom. The van der Waals surface area contributed by atoms with Gasteiger partial charge in [-0.05, 0) is 22.8 Å². The Hall–Kier alpha value is -1.94. The van der Waals surface area contributed by atoms with Crippen LogP contribution in [0.1, 0.15) is 16.7 Å². The summed E-state index contributed by atoms with van der Waals surface area (Å²) in [5, 5.41) is 10.6. The first-order valence-corrected chi connectivity index (χ1v) is 7.35. The monoisotopic (exact) mass is 296 g/mol. The second kappa shape index (κ2) is 6.05. The number of ether oxygens (including phenoxy) is 2. The molecular weight excluding hydrogens is 276 g/mol. The third kappa shape index (κ3) is 2.37. The maximum absolute atomic E-state index is 10.6. The highest BCUT2D eigenvalue weighted by Crippen LogP contribution is 2.42. The first-order valence-electron chi connectivity index (χ1n) is 7.35. The molecule has 0 saturated heterocycles. The van der Waals surface area contributed by atoms with Crippen molar-refractivity contribution in [3.8, 4) is 0 Å². The molecule has 1 N–H and O–H groups in total. The van der Waals surface area contributed by atoms with Crippen LogP contribution in [-0.2, 0) is 15.9 Å². The fraction of sp³-hybridized carbons (Fsp3) is 0.263. The molecule has 2 aromatic carbocycles. The van der Waals surface area contributed by atoms with Crippen molar-refractivity contribution < 1.29 is 14.6 Å². The molecule has 3 nitrogen and oxygen atoms in total. The Labute approximate surface area is 130 Å². The topological polar surface area (TPSA) is 38.7 Å². The van der Waals surface area contributed by atoms with Crippen LogP contribution in [0.5, 0.6) is 0 Å². The van der Waals surface area contributed by atoms with E-state index in [0.29, 0.717) is 6.42 Å². The van der Waals surface area contributed by atoms with Crippen LogP contribution in [-0.4, -0.2) is 31.2 Å². The maximum Gasteiger partial charge on any atom is 0.222 e. The molecule has 2 aromatic rings. The zero-order valence-corrected chi connectivity index (χ0v) is 12.8. The number of aliphatic hydroxyl groups excluding tert-OH is 1. The highest BCUT2D eigenvalue weighted by Gasteiger charge is 2.46. The van der Waals surface area contributed by atoms with Crippen molar-refractivity contribution in [2.24, 2.45) is 0 Å². The van der Waals surface area contributed by atoms with E-state index in [9.17, 15) is 5.11 Å². The molecule has 114 valence electrons. The second-order valence-corrected chi connectivity index (χ2v) is 5.42. The van der Waals surface area contributed by atoms with Crippen molar-refractivity contribution in [3.05, 3.63) is 71.3 Å². The smallest absolute Gasteiger partial charge is 0.222 e. The molecule has 0 aromatic heterocycles. The van der Waals surface area contributed by atoms with Crippen LogP contribution in [0.15, 0.2) is 54.6 Å². The van der Waals surface area contributed by atoms with Gasteiger partial charge in [-0.3, -0.25) is 0 Å². The second-order valence-electron chi connectivity index (χ2n) is 5.42. The van der Waals surface area contributed by atoms with E-state index in [1.807, 2.05) is 60.7 Å². The van der Waals surface area contributed by atoms with E-state index >= 15 is 0 Å². The minimum absolute atomic E-state index is 0.504. The number of rotatable bonds is 3. The van der Waals surface area contributed by atoms with Gasteiger partial charge in [0.1, 0.15) is 6.10 Å². The summed E-state index contributed by atoms with van der Waals surface area (Å²) in [6.45, 7) is 0. The normalized spacial score (nSPS) is 21.6. The number of hydrogen-bond acceptors (Lipinski definition) is 3.